The van der Waals surface area contributed by atoms with Crippen LogP contribution in [0.3, 0.4) is 0 Å². The number of thiophene rings is 1. The monoisotopic (exact) mass is 731 g/mol. The molecule has 1 aliphatic rings. The van der Waals surface area contributed by atoms with Crippen molar-refractivity contribution in [3.63, 3.8) is 0 Å². The lowest BCUT2D eigenvalue weighted by Crippen LogP contribution is -2.28. The van der Waals surface area contributed by atoms with Crippen LogP contribution in [0.5, 0.6) is 0 Å². The Morgan fingerprint density at radius 2 is 1.02 bits per heavy atom. The molecule has 1 aliphatic carbocycles. The molecule has 0 unspecified atom stereocenters. The first-order valence-electron chi connectivity index (χ1n) is 19.2. The zero-order valence-corrected chi connectivity index (χ0v) is 31.1. The minimum atomic E-state index is -0.510. The van der Waals surface area contributed by atoms with E-state index in [0.29, 0.717) is 0 Å². The van der Waals surface area contributed by atoms with Crippen LogP contribution in [-0.4, -0.2) is 0 Å². The highest BCUT2D eigenvalue weighted by Crippen LogP contribution is 2.58. The van der Waals surface area contributed by atoms with E-state index in [1.165, 1.54) is 64.3 Å². The maximum Gasteiger partial charge on any atom is 0.159 e. The molecule has 0 fully saturated rings. The van der Waals surface area contributed by atoms with Gasteiger partial charge in [-0.1, -0.05) is 164 Å². The van der Waals surface area contributed by atoms with Crippen molar-refractivity contribution < 1.29 is 4.42 Å². The summed E-state index contributed by atoms with van der Waals surface area (Å²) >= 11 is 1.86. The van der Waals surface area contributed by atoms with Gasteiger partial charge in [0.1, 0.15) is 5.58 Å². The molecule has 0 amide bonds. The molecule has 12 rings (SSSR count). The number of rotatable bonds is 5. The lowest BCUT2D eigenvalue weighted by atomic mass is 9.67. The molecule has 2 nitrogen and oxygen atoms in total. The molecule has 0 spiro atoms. The van der Waals surface area contributed by atoms with Crippen molar-refractivity contribution in [2.75, 3.05) is 4.90 Å². The predicted octanol–water partition coefficient (Wildman–Crippen LogP) is 14.9. The van der Waals surface area contributed by atoms with Crippen LogP contribution >= 0.6 is 11.3 Å². The fraction of sp³-hybridized carbons (Fsp3) is 0.0189. The number of para-hydroxylation sites is 2. The lowest BCUT2D eigenvalue weighted by molar-refractivity contribution is 0.673. The molecule has 0 saturated heterocycles. The Bertz CT molecular complexity index is 3270. The lowest BCUT2D eigenvalue weighted by Gasteiger charge is -2.34. The summed E-state index contributed by atoms with van der Waals surface area (Å²) in [7, 11) is 0. The van der Waals surface area contributed by atoms with Gasteiger partial charge in [0.05, 0.1) is 11.1 Å². The quantitative estimate of drug-likeness (QED) is 0.175. The van der Waals surface area contributed by atoms with Gasteiger partial charge in [-0.15, -0.1) is 11.3 Å². The van der Waals surface area contributed by atoms with Crippen molar-refractivity contribution in [1.29, 1.82) is 0 Å². The topological polar surface area (TPSA) is 16.4 Å². The Kier molecular flexibility index (Phi) is 6.75. The average molecular weight is 732 g/mol. The summed E-state index contributed by atoms with van der Waals surface area (Å²) in [5, 5.41) is 7.26. The van der Waals surface area contributed by atoms with Crippen LogP contribution in [0.1, 0.15) is 22.3 Å². The van der Waals surface area contributed by atoms with Crippen LogP contribution in [0.4, 0.5) is 17.1 Å². The van der Waals surface area contributed by atoms with Gasteiger partial charge in [-0.25, -0.2) is 0 Å². The average Bonchev–Trinajstić information content (AvgIpc) is 3.94. The second kappa shape index (κ2) is 12.0. The van der Waals surface area contributed by atoms with Gasteiger partial charge in [0.25, 0.3) is 0 Å². The maximum atomic E-state index is 7.21. The number of nitrogens with zero attached hydrogens (tertiary/aromatic N) is 1. The maximum absolute atomic E-state index is 7.21. The number of hydrogen-bond donors (Lipinski definition) is 0. The summed E-state index contributed by atoms with van der Waals surface area (Å²) < 4.78 is 9.77. The molecule has 2 heterocycles. The number of anilines is 3. The summed E-state index contributed by atoms with van der Waals surface area (Å²) in [6.07, 6.45) is 0. The van der Waals surface area contributed by atoms with Gasteiger partial charge >= 0.3 is 0 Å². The van der Waals surface area contributed by atoms with E-state index >= 15 is 0 Å². The summed E-state index contributed by atoms with van der Waals surface area (Å²) in [6.45, 7) is 0. The van der Waals surface area contributed by atoms with Crippen LogP contribution in [0.15, 0.2) is 205 Å². The first kappa shape index (κ1) is 31.4. The Morgan fingerprint density at radius 3 is 1.79 bits per heavy atom. The largest absolute Gasteiger partial charge is 0.453 e. The first-order valence-corrected chi connectivity index (χ1v) is 20.0. The highest BCUT2D eigenvalue weighted by atomic mass is 32.1. The van der Waals surface area contributed by atoms with Gasteiger partial charge < -0.3 is 9.32 Å². The number of furan rings is 1. The van der Waals surface area contributed by atoms with Gasteiger partial charge in [-0.05, 0) is 75.2 Å². The van der Waals surface area contributed by atoms with Crippen molar-refractivity contribution in [3.05, 3.63) is 222 Å². The van der Waals surface area contributed by atoms with Crippen LogP contribution < -0.4 is 4.90 Å². The molecule has 56 heavy (non-hydrogen) atoms. The van der Waals surface area contributed by atoms with E-state index in [9.17, 15) is 0 Å². The summed E-state index contributed by atoms with van der Waals surface area (Å²) in [5.41, 5.74) is 12.0. The van der Waals surface area contributed by atoms with Crippen LogP contribution in [0.25, 0.3) is 64.0 Å². The minimum absolute atomic E-state index is 0.510. The minimum Gasteiger partial charge on any atom is -0.453 e. The molecule has 2 aromatic heterocycles. The SMILES string of the molecule is c1ccc(N(c2ccc3c(c2)C(c2ccccc2)(c2ccccc2)c2ccccc2-3)c2cccc3c2oc2c4ccccc4c4c5ccccc5sc4c32)cc1. The predicted molar refractivity (Wildman–Crippen MR) is 236 cm³/mol. The van der Waals surface area contributed by atoms with E-state index < -0.39 is 5.41 Å². The van der Waals surface area contributed by atoms with Crippen molar-refractivity contribution >= 4 is 81.3 Å². The van der Waals surface area contributed by atoms with Gasteiger partial charge in [-0.3, -0.25) is 0 Å². The second-order valence-electron chi connectivity index (χ2n) is 14.7. The van der Waals surface area contributed by atoms with Crippen molar-refractivity contribution in [2.24, 2.45) is 0 Å². The Balaban J connectivity index is 1.17. The second-order valence-corrected chi connectivity index (χ2v) is 15.8. The molecule has 262 valence electrons. The summed E-state index contributed by atoms with van der Waals surface area (Å²) in [4.78, 5) is 2.39. The highest BCUT2D eigenvalue weighted by Gasteiger charge is 2.46. The third-order valence-electron chi connectivity index (χ3n) is 11.9. The smallest absolute Gasteiger partial charge is 0.159 e. The third kappa shape index (κ3) is 4.26. The molecular formula is C53H33NOS. The van der Waals surface area contributed by atoms with Crippen LogP contribution in [-0.2, 0) is 5.41 Å². The number of fused-ring (bicyclic) bond motifs is 13. The molecule has 3 heteroatoms. The summed E-state index contributed by atoms with van der Waals surface area (Å²) in [6, 6.07) is 72.9. The van der Waals surface area contributed by atoms with E-state index in [1.54, 1.807) is 0 Å². The molecule has 11 aromatic rings. The van der Waals surface area contributed by atoms with Crippen LogP contribution in [0, 0.1) is 0 Å². The Hall–Kier alpha value is -6.94. The first-order chi connectivity index (χ1) is 27.8. The third-order valence-corrected chi connectivity index (χ3v) is 13.1. The van der Waals surface area contributed by atoms with Gasteiger partial charge in [-0.2, -0.15) is 0 Å². The van der Waals surface area contributed by atoms with E-state index in [-0.39, 0.29) is 0 Å². The number of hydrogen-bond acceptors (Lipinski definition) is 3. The zero-order chi connectivity index (χ0) is 36.8. The molecule has 0 bridgehead atoms. The molecule has 0 saturated carbocycles. The van der Waals surface area contributed by atoms with Crippen LogP contribution in [0.2, 0.25) is 0 Å². The highest BCUT2D eigenvalue weighted by molar-refractivity contribution is 7.27. The van der Waals surface area contributed by atoms with Gasteiger partial charge in [0.2, 0.25) is 0 Å². The molecule has 0 atom stereocenters. The van der Waals surface area contributed by atoms with Crippen molar-refractivity contribution in [2.45, 2.75) is 5.41 Å². The fourth-order valence-corrected chi connectivity index (χ4v) is 10.9. The van der Waals surface area contributed by atoms with E-state index in [1.807, 2.05) is 11.3 Å². The Morgan fingerprint density at radius 1 is 0.411 bits per heavy atom. The fourth-order valence-electron chi connectivity index (χ4n) is 9.66. The Labute approximate surface area is 328 Å². The van der Waals surface area contributed by atoms with E-state index in [4.69, 9.17) is 4.42 Å². The van der Waals surface area contributed by atoms with Crippen molar-refractivity contribution in [3.8, 4) is 11.1 Å². The number of benzene rings is 9. The van der Waals surface area contributed by atoms with Gasteiger partial charge in [0, 0.05) is 47.7 Å². The molecule has 0 radical (unpaired) electrons. The molecule has 0 N–H and O–H groups in total. The van der Waals surface area contributed by atoms with Gasteiger partial charge in [0.15, 0.2) is 5.58 Å². The summed E-state index contributed by atoms with van der Waals surface area (Å²) in [5.74, 6) is 0. The van der Waals surface area contributed by atoms with Crippen molar-refractivity contribution in [1.82, 2.24) is 0 Å². The zero-order valence-electron chi connectivity index (χ0n) is 30.3. The standard InChI is InChI=1S/C53H33NOS/c1-4-17-34(18-5-1)53(35-19-6-2-7-20-35)44-28-14-12-23-38(44)39-32-31-37(33-45(39)53)54(36-21-8-3-9-22-36)46-29-16-27-43-49-51(55-50(43)46)41-25-11-10-24-40(41)48-42-26-13-15-30-47(42)56-52(48)49/h1-33H. The van der Waals surface area contributed by atoms with E-state index in [2.05, 4.69) is 205 Å². The molecular weight excluding hydrogens is 699 g/mol. The molecule has 9 aromatic carbocycles. The van der Waals surface area contributed by atoms with E-state index in [0.717, 1.165) is 39.0 Å². The normalized spacial score (nSPS) is 13.1. The molecule has 0 aliphatic heterocycles.